The Morgan fingerprint density at radius 1 is 1.16 bits per heavy atom. The maximum absolute atomic E-state index is 12.8. The molecule has 0 bridgehead atoms. The molecule has 0 aliphatic heterocycles. The second-order valence-electron chi connectivity index (χ2n) is 7.91. The van der Waals surface area contributed by atoms with Crippen LogP contribution in [0.15, 0.2) is 42.9 Å². The summed E-state index contributed by atoms with van der Waals surface area (Å²) in [5, 5.41) is 23.7. The molecule has 3 aromatic rings. The van der Waals surface area contributed by atoms with Crippen LogP contribution in [-0.4, -0.2) is 48.4 Å². The van der Waals surface area contributed by atoms with Crippen molar-refractivity contribution in [1.82, 2.24) is 30.3 Å². The Morgan fingerprint density at radius 2 is 1.81 bits per heavy atom. The van der Waals surface area contributed by atoms with Crippen molar-refractivity contribution in [2.75, 3.05) is 11.9 Å². The van der Waals surface area contributed by atoms with Crippen LogP contribution in [-0.2, 0) is 6.54 Å². The lowest BCUT2D eigenvalue weighted by Gasteiger charge is -2.16. The minimum absolute atomic E-state index is 0.0492. The van der Waals surface area contributed by atoms with Gasteiger partial charge in [0.2, 0.25) is 0 Å². The maximum atomic E-state index is 12.8. The minimum Gasteiger partial charge on any atom is -0.387 e. The zero-order valence-corrected chi connectivity index (χ0v) is 18.1. The van der Waals surface area contributed by atoms with Gasteiger partial charge in [0.15, 0.2) is 11.4 Å². The van der Waals surface area contributed by atoms with E-state index in [1.807, 2.05) is 0 Å². The van der Waals surface area contributed by atoms with Crippen LogP contribution in [0.25, 0.3) is 0 Å². The van der Waals surface area contributed by atoms with E-state index in [-0.39, 0.29) is 16.8 Å². The van der Waals surface area contributed by atoms with Crippen LogP contribution < -0.4 is 10.6 Å². The molecule has 1 fully saturated rings. The van der Waals surface area contributed by atoms with Gasteiger partial charge in [-0.15, -0.1) is 5.10 Å². The van der Waals surface area contributed by atoms with Gasteiger partial charge in [-0.25, -0.2) is 9.97 Å². The van der Waals surface area contributed by atoms with Crippen molar-refractivity contribution in [1.29, 1.82) is 0 Å². The summed E-state index contributed by atoms with van der Waals surface area (Å²) in [5.41, 5.74) is 0.765. The van der Waals surface area contributed by atoms with E-state index in [0.717, 1.165) is 12.8 Å². The second-order valence-corrected chi connectivity index (χ2v) is 8.35. The van der Waals surface area contributed by atoms with Gasteiger partial charge in [0.25, 0.3) is 11.8 Å². The first kappa shape index (κ1) is 21.8. The van der Waals surface area contributed by atoms with Crippen molar-refractivity contribution < 1.29 is 14.7 Å². The number of hydrogen-bond donors (Lipinski definition) is 3. The largest absolute Gasteiger partial charge is 0.387 e. The lowest BCUT2D eigenvalue weighted by molar-refractivity contribution is 0.0923. The molecular formula is C21H22ClN7O3. The number of nitrogens with one attached hydrogen (secondary N) is 2. The Bertz CT molecular complexity index is 1130. The molecule has 1 saturated carbocycles. The highest BCUT2D eigenvalue weighted by molar-refractivity contribution is 6.30. The molecule has 0 saturated heterocycles. The third-order valence-electron chi connectivity index (χ3n) is 5.29. The van der Waals surface area contributed by atoms with Gasteiger partial charge in [-0.05, 0) is 44.0 Å². The quantitative estimate of drug-likeness (QED) is 0.474. The molecule has 1 atom stereocenters. The Balaban J connectivity index is 1.40. The highest BCUT2D eigenvalue weighted by Gasteiger charge is 2.43. The summed E-state index contributed by atoms with van der Waals surface area (Å²) in [5.74, 6) is -1.02. The number of rotatable bonds is 8. The molecule has 3 N–H and O–H groups in total. The van der Waals surface area contributed by atoms with Crippen molar-refractivity contribution in [2.24, 2.45) is 5.41 Å². The zero-order chi connectivity index (χ0) is 22.7. The molecule has 1 aliphatic carbocycles. The third-order valence-corrected chi connectivity index (χ3v) is 5.55. The molecule has 32 heavy (non-hydrogen) atoms. The number of hydrogen-bond acceptors (Lipinski definition) is 7. The number of anilines is 1. The predicted molar refractivity (Wildman–Crippen MR) is 116 cm³/mol. The normalized spacial score (nSPS) is 15.1. The maximum Gasteiger partial charge on any atom is 0.276 e. The Morgan fingerprint density at radius 3 is 2.41 bits per heavy atom. The minimum atomic E-state index is -0.687. The average Bonchev–Trinajstić information content (AvgIpc) is 3.38. The smallest absolute Gasteiger partial charge is 0.276 e. The number of aliphatic hydroxyl groups is 1. The molecule has 10 nitrogen and oxygen atoms in total. The first-order chi connectivity index (χ1) is 15.3. The summed E-state index contributed by atoms with van der Waals surface area (Å²) < 4.78 is 1.68. The van der Waals surface area contributed by atoms with Crippen LogP contribution in [0.2, 0.25) is 5.02 Å². The van der Waals surface area contributed by atoms with Gasteiger partial charge in [0, 0.05) is 41.6 Å². The fraction of sp³-hybridized carbons (Fsp3) is 0.333. The topological polar surface area (TPSA) is 135 Å². The van der Waals surface area contributed by atoms with Crippen LogP contribution in [0.5, 0.6) is 0 Å². The molecule has 0 radical (unpaired) electrons. The standard InChI is InChI=1S/C21H22ClN7O3/c1-13(30)16-10-29(28-27-16)12-21(6-7-21)11-25-19(31)17-18(24-9-8-23-17)20(32)26-15-4-2-14(22)3-5-15/h2-5,8-10,13,30H,6-7,11-12H2,1H3,(H,25,31)(H,26,32). The Kier molecular flexibility index (Phi) is 6.15. The van der Waals surface area contributed by atoms with Gasteiger partial charge < -0.3 is 15.7 Å². The van der Waals surface area contributed by atoms with E-state index in [9.17, 15) is 14.7 Å². The number of aliphatic hydroxyl groups excluding tert-OH is 1. The summed E-state index contributed by atoms with van der Waals surface area (Å²) in [6, 6.07) is 6.60. The highest BCUT2D eigenvalue weighted by Crippen LogP contribution is 2.46. The van der Waals surface area contributed by atoms with Crippen LogP contribution in [0, 0.1) is 5.41 Å². The number of carbonyl (C=O) groups is 2. The summed E-state index contributed by atoms with van der Waals surface area (Å²) in [6.45, 7) is 2.59. The molecule has 1 aromatic carbocycles. The van der Waals surface area contributed by atoms with Gasteiger partial charge in [0.05, 0.1) is 12.3 Å². The molecule has 166 valence electrons. The Labute approximate surface area is 189 Å². The Hall–Kier alpha value is -3.37. The summed E-state index contributed by atoms with van der Waals surface area (Å²) >= 11 is 5.87. The van der Waals surface area contributed by atoms with Gasteiger partial charge in [-0.2, -0.15) is 0 Å². The van der Waals surface area contributed by atoms with Crippen molar-refractivity contribution in [3.63, 3.8) is 0 Å². The monoisotopic (exact) mass is 455 g/mol. The zero-order valence-electron chi connectivity index (χ0n) is 17.3. The van der Waals surface area contributed by atoms with Crippen LogP contribution in [0.3, 0.4) is 0 Å². The molecule has 4 rings (SSSR count). The van der Waals surface area contributed by atoms with Crippen LogP contribution >= 0.6 is 11.6 Å². The molecule has 2 heterocycles. The van der Waals surface area contributed by atoms with E-state index in [2.05, 4.69) is 30.9 Å². The number of halogens is 1. The van der Waals surface area contributed by atoms with E-state index in [0.29, 0.717) is 29.5 Å². The van der Waals surface area contributed by atoms with Gasteiger partial charge in [-0.3, -0.25) is 14.3 Å². The summed E-state index contributed by atoms with van der Waals surface area (Å²) in [7, 11) is 0. The number of amides is 2. The molecule has 1 aliphatic rings. The average molecular weight is 456 g/mol. The number of benzene rings is 1. The fourth-order valence-corrected chi connectivity index (χ4v) is 3.36. The van der Waals surface area contributed by atoms with E-state index in [1.165, 1.54) is 12.4 Å². The fourth-order valence-electron chi connectivity index (χ4n) is 3.24. The van der Waals surface area contributed by atoms with Gasteiger partial charge in [-0.1, -0.05) is 16.8 Å². The van der Waals surface area contributed by atoms with Crippen molar-refractivity contribution in [3.05, 3.63) is 65.0 Å². The molecule has 1 unspecified atom stereocenters. The van der Waals surface area contributed by atoms with Gasteiger partial charge in [0.1, 0.15) is 5.69 Å². The van der Waals surface area contributed by atoms with E-state index < -0.39 is 17.9 Å². The van der Waals surface area contributed by atoms with Crippen molar-refractivity contribution in [3.8, 4) is 0 Å². The van der Waals surface area contributed by atoms with Crippen molar-refractivity contribution in [2.45, 2.75) is 32.4 Å². The second kappa shape index (κ2) is 9.01. The lowest BCUT2D eigenvalue weighted by Crippen LogP contribution is -2.34. The van der Waals surface area contributed by atoms with E-state index in [4.69, 9.17) is 11.6 Å². The molecule has 2 amide bonds. The SMILES string of the molecule is CC(O)c1cn(CC2(CNC(=O)c3nccnc3C(=O)Nc3ccc(Cl)cc3)CC2)nn1. The van der Waals surface area contributed by atoms with E-state index in [1.54, 1.807) is 42.1 Å². The molecule has 11 heteroatoms. The first-order valence-electron chi connectivity index (χ1n) is 10.1. The predicted octanol–water partition coefficient (Wildman–Crippen LogP) is 2.24. The highest BCUT2D eigenvalue weighted by atomic mass is 35.5. The van der Waals surface area contributed by atoms with Crippen molar-refractivity contribution >= 4 is 29.1 Å². The van der Waals surface area contributed by atoms with Crippen LogP contribution in [0.1, 0.15) is 52.5 Å². The summed E-state index contributed by atoms with van der Waals surface area (Å²) in [4.78, 5) is 33.6. The summed E-state index contributed by atoms with van der Waals surface area (Å²) in [6.07, 6.45) is 5.58. The number of aromatic nitrogens is 5. The number of carbonyl (C=O) groups excluding carboxylic acids is 2. The van der Waals surface area contributed by atoms with E-state index >= 15 is 0 Å². The molecular weight excluding hydrogens is 434 g/mol. The van der Waals surface area contributed by atoms with Gasteiger partial charge >= 0.3 is 0 Å². The van der Waals surface area contributed by atoms with Crippen LogP contribution in [0.4, 0.5) is 5.69 Å². The lowest BCUT2D eigenvalue weighted by atomic mass is 10.1. The third kappa shape index (κ3) is 5.09. The molecule has 0 spiro atoms. The number of nitrogens with zero attached hydrogens (tertiary/aromatic N) is 5. The molecule has 2 aromatic heterocycles. The first-order valence-corrected chi connectivity index (χ1v) is 10.5.